The number of hydrogen-bond acceptors (Lipinski definition) is 3. The Labute approximate surface area is 157 Å². The van der Waals surface area contributed by atoms with Crippen molar-refractivity contribution >= 4 is 28.1 Å². The third-order valence-corrected chi connectivity index (χ3v) is 4.19. The molecule has 2 aromatic rings. The molecule has 0 radical (unpaired) electrons. The van der Waals surface area contributed by atoms with Crippen molar-refractivity contribution in [3.63, 3.8) is 0 Å². The SMILES string of the molecule is Cc1ccc(CC(=O)N/N=C/c2ccc(OC(C)C)c(Br)c2)c(C)c1. The minimum atomic E-state index is -0.137. The number of ether oxygens (including phenoxy) is 1. The van der Waals surface area contributed by atoms with Crippen molar-refractivity contribution in [2.24, 2.45) is 5.10 Å². The van der Waals surface area contributed by atoms with Crippen LogP contribution in [0.25, 0.3) is 0 Å². The maximum atomic E-state index is 12.0. The fraction of sp³-hybridized carbons (Fsp3) is 0.300. The number of benzene rings is 2. The fourth-order valence-corrected chi connectivity index (χ4v) is 2.87. The molecule has 4 nitrogen and oxygen atoms in total. The van der Waals surface area contributed by atoms with Gasteiger partial charge in [0.05, 0.1) is 23.2 Å². The number of rotatable bonds is 6. The molecule has 2 aromatic carbocycles. The normalized spacial score (nSPS) is 11.1. The van der Waals surface area contributed by atoms with E-state index in [-0.39, 0.29) is 12.0 Å². The van der Waals surface area contributed by atoms with E-state index in [2.05, 4.69) is 32.5 Å². The largest absolute Gasteiger partial charge is 0.490 e. The standard InChI is InChI=1S/C20H23BrN2O2/c1-13(2)25-19-8-6-16(10-18(19)21)12-22-23-20(24)11-17-7-5-14(3)9-15(17)4/h5-10,12-13H,11H2,1-4H3,(H,23,24)/b22-12+. The quantitative estimate of drug-likeness (QED) is 0.569. The van der Waals surface area contributed by atoms with Crippen LogP contribution in [0, 0.1) is 13.8 Å². The van der Waals surface area contributed by atoms with Crippen molar-refractivity contribution in [1.82, 2.24) is 5.43 Å². The number of amides is 1. The van der Waals surface area contributed by atoms with Crippen LogP contribution in [0.1, 0.15) is 36.1 Å². The zero-order valence-corrected chi connectivity index (χ0v) is 16.6. The third-order valence-electron chi connectivity index (χ3n) is 3.57. The van der Waals surface area contributed by atoms with Crippen molar-refractivity contribution in [1.29, 1.82) is 0 Å². The lowest BCUT2D eigenvalue weighted by Crippen LogP contribution is -2.20. The van der Waals surface area contributed by atoms with Gasteiger partial charge in [-0.15, -0.1) is 0 Å². The molecule has 5 heteroatoms. The predicted octanol–water partition coefficient (Wildman–Crippen LogP) is 4.55. The zero-order chi connectivity index (χ0) is 18.4. The summed E-state index contributed by atoms with van der Waals surface area (Å²) < 4.78 is 6.52. The van der Waals surface area contributed by atoms with E-state index in [0.29, 0.717) is 6.42 Å². The molecule has 0 fully saturated rings. The number of hydrazone groups is 1. The Morgan fingerprint density at radius 1 is 1.24 bits per heavy atom. The van der Waals surface area contributed by atoms with Gasteiger partial charge in [0.15, 0.2) is 0 Å². The second kappa shape index (κ2) is 8.81. The summed E-state index contributed by atoms with van der Waals surface area (Å²) in [5, 5.41) is 4.03. The third kappa shape index (κ3) is 6.02. The molecule has 0 heterocycles. The number of carbonyl (C=O) groups is 1. The molecule has 0 aliphatic rings. The van der Waals surface area contributed by atoms with Crippen LogP contribution >= 0.6 is 15.9 Å². The number of nitrogens with one attached hydrogen (secondary N) is 1. The Balaban J connectivity index is 1.94. The van der Waals surface area contributed by atoms with E-state index >= 15 is 0 Å². The molecule has 2 rings (SSSR count). The molecule has 0 spiro atoms. The topological polar surface area (TPSA) is 50.7 Å². The van der Waals surface area contributed by atoms with Crippen LogP contribution in [-0.4, -0.2) is 18.2 Å². The van der Waals surface area contributed by atoms with Crippen molar-refractivity contribution in [3.05, 3.63) is 63.1 Å². The lowest BCUT2D eigenvalue weighted by molar-refractivity contribution is -0.120. The average molecular weight is 403 g/mol. The van der Waals surface area contributed by atoms with Gasteiger partial charge in [0.25, 0.3) is 0 Å². The van der Waals surface area contributed by atoms with Gasteiger partial charge < -0.3 is 4.74 Å². The summed E-state index contributed by atoms with van der Waals surface area (Å²) in [6.07, 6.45) is 2.04. The number of hydrogen-bond donors (Lipinski definition) is 1. The first kappa shape index (κ1) is 19.2. The summed E-state index contributed by atoms with van der Waals surface area (Å²) in [6, 6.07) is 11.7. The number of aryl methyl sites for hydroxylation is 2. The van der Waals surface area contributed by atoms with Crippen LogP contribution in [0.2, 0.25) is 0 Å². The highest BCUT2D eigenvalue weighted by molar-refractivity contribution is 9.10. The summed E-state index contributed by atoms with van der Waals surface area (Å²) in [7, 11) is 0. The highest BCUT2D eigenvalue weighted by Gasteiger charge is 2.06. The van der Waals surface area contributed by atoms with Gasteiger partial charge in [0.1, 0.15) is 5.75 Å². The van der Waals surface area contributed by atoms with Crippen molar-refractivity contribution < 1.29 is 9.53 Å². The molecule has 0 atom stereocenters. The van der Waals surface area contributed by atoms with Gasteiger partial charge in [-0.25, -0.2) is 5.43 Å². The monoisotopic (exact) mass is 402 g/mol. The Hall–Kier alpha value is -2.14. The van der Waals surface area contributed by atoms with Crippen LogP contribution < -0.4 is 10.2 Å². The first-order valence-corrected chi connectivity index (χ1v) is 8.98. The first-order chi connectivity index (χ1) is 11.8. The van der Waals surface area contributed by atoms with Crippen LogP contribution in [0.15, 0.2) is 46.0 Å². The lowest BCUT2D eigenvalue weighted by Gasteiger charge is -2.11. The smallest absolute Gasteiger partial charge is 0.244 e. The Kier molecular flexibility index (Phi) is 6.76. The number of carbonyl (C=O) groups excluding carboxylic acids is 1. The number of halogens is 1. The molecule has 0 aromatic heterocycles. The van der Waals surface area contributed by atoms with Crippen LogP contribution in [0.5, 0.6) is 5.75 Å². The van der Waals surface area contributed by atoms with Gasteiger partial charge in [-0.3, -0.25) is 4.79 Å². The maximum absolute atomic E-state index is 12.0. The first-order valence-electron chi connectivity index (χ1n) is 8.19. The number of nitrogens with zero attached hydrogens (tertiary/aromatic N) is 1. The van der Waals surface area contributed by atoms with Crippen molar-refractivity contribution in [3.8, 4) is 5.75 Å². The molecule has 0 bridgehead atoms. The van der Waals surface area contributed by atoms with Crippen LogP contribution in [0.4, 0.5) is 0 Å². The predicted molar refractivity (Wildman–Crippen MR) is 105 cm³/mol. The Morgan fingerprint density at radius 2 is 2.00 bits per heavy atom. The van der Waals surface area contributed by atoms with E-state index in [1.165, 1.54) is 5.56 Å². The molecule has 0 aliphatic carbocycles. The van der Waals surface area contributed by atoms with E-state index in [4.69, 9.17) is 4.74 Å². The van der Waals surface area contributed by atoms with Crippen molar-refractivity contribution in [2.45, 2.75) is 40.2 Å². The van der Waals surface area contributed by atoms with E-state index in [0.717, 1.165) is 26.9 Å². The molecular weight excluding hydrogens is 380 g/mol. The minimum absolute atomic E-state index is 0.111. The van der Waals surface area contributed by atoms with Crippen LogP contribution in [-0.2, 0) is 11.2 Å². The molecule has 132 valence electrons. The summed E-state index contributed by atoms with van der Waals surface area (Å²) in [5.74, 6) is 0.646. The Bertz CT molecular complexity index is 785. The van der Waals surface area contributed by atoms with Gasteiger partial charge in [0.2, 0.25) is 5.91 Å². The summed E-state index contributed by atoms with van der Waals surface area (Å²) >= 11 is 3.48. The van der Waals surface area contributed by atoms with Crippen molar-refractivity contribution in [2.75, 3.05) is 0 Å². The van der Waals surface area contributed by atoms with Crippen LogP contribution in [0.3, 0.4) is 0 Å². The van der Waals surface area contributed by atoms with Gasteiger partial charge in [-0.2, -0.15) is 5.10 Å². The van der Waals surface area contributed by atoms with Gasteiger partial charge in [-0.1, -0.05) is 23.8 Å². The molecule has 1 N–H and O–H groups in total. The molecule has 25 heavy (non-hydrogen) atoms. The average Bonchev–Trinajstić information content (AvgIpc) is 2.52. The summed E-state index contributed by atoms with van der Waals surface area (Å²) in [4.78, 5) is 12.0. The fourth-order valence-electron chi connectivity index (χ4n) is 2.38. The Morgan fingerprint density at radius 3 is 2.64 bits per heavy atom. The summed E-state index contributed by atoms with van der Waals surface area (Å²) in [6.45, 7) is 8.01. The minimum Gasteiger partial charge on any atom is -0.490 e. The van der Waals surface area contributed by atoms with E-state index in [1.807, 2.05) is 58.0 Å². The zero-order valence-electron chi connectivity index (χ0n) is 15.0. The van der Waals surface area contributed by atoms with E-state index in [9.17, 15) is 4.79 Å². The maximum Gasteiger partial charge on any atom is 0.244 e. The van der Waals surface area contributed by atoms with Gasteiger partial charge in [0, 0.05) is 0 Å². The molecule has 0 aliphatic heterocycles. The lowest BCUT2D eigenvalue weighted by atomic mass is 10.0. The molecule has 1 amide bonds. The molecule has 0 saturated heterocycles. The van der Waals surface area contributed by atoms with Gasteiger partial charge in [-0.05, 0) is 78.5 Å². The molecule has 0 unspecified atom stereocenters. The van der Waals surface area contributed by atoms with E-state index < -0.39 is 0 Å². The highest BCUT2D eigenvalue weighted by atomic mass is 79.9. The molecular formula is C20H23BrN2O2. The molecule has 0 saturated carbocycles. The second-order valence-corrected chi connectivity index (χ2v) is 7.11. The summed E-state index contributed by atoms with van der Waals surface area (Å²) in [5.41, 5.74) is 6.76. The van der Waals surface area contributed by atoms with E-state index in [1.54, 1.807) is 6.21 Å². The van der Waals surface area contributed by atoms with Gasteiger partial charge >= 0.3 is 0 Å². The highest BCUT2D eigenvalue weighted by Crippen LogP contribution is 2.26. The second-order valence-electron chi connectivity index (χ2n) is 6.26.